The zero-order chi connectivity index (χ0) is 5.98. The number of rotatable bonds is 0. The minimum Gasteiger partial charge on any atom is -0.619 e. The maximum atomic E-state index is 10.3. The summed E-state index contributed by atoms with van der Waals surface area (Å²) in [5, 5.41) is 10.9. The van der Waals surface area contributed by atoms with E-state index in [1.165, 1.54) is 24.5 Å². The second-order valence-corrected chi connectivity index (χ2v) is 1.81. The molecule has 1 rings (SSSR count). The minimum atomic E-state index is 0. The second kappa shape index (κ2) is 3.54. The highest BCUT2D eigenvalue weighted by molar-refractivity contribution is 6.30. The first-order valence-corrected chi connectivity index (χ1v) is 2.51. The zero-order valence-electron chi connectivity index (χ0n) is 4.45. The summed E-state index contributed by atoms with van der Waals surface area (Å²) in [4.78, 5) is 0. The summed E-state index contributed by atoms with van der Waals surface area (Å²) in [5.41, 5.74) is 0. The van der Waals surface area contributed by atoms with Crippen molar-refractivity contribution >= 4 is 24.0 Å². The molecule has 9 heavy (non-hydrogen) atoms. The third-order valence-electron chi connectivity index (χ3n) is 0.761. The van der Waals surface area contributed by atoms with Crippen LogP contribution in [0.3, 0.4) is 0 Å². The van der Waals surface area contributed by atoms with Gasteiger partial charge in [0.2, 0.25) is 0 Å². The molecular weight excluding hydrogens is 161 g/mol. The van der Waals surface area contributed by atoms with Crippen molar-refractivity contribution < 1.29 is 4.73 Å². The predicted octanol–water partition coefficient (Wildman–Crippen LogP) is 1.40. The van der Waals surface area contributed by atoms with Gasteiger partial charge in [-0.25, -0.2) is 0 Å². The van der Waals surface area contributed by atoms with Gasteiger partial charge >= 0.3 is 0 Å². The van der Waals surface area contributed by atoms with Crippen LogP contribution in [0.5, 0.6) is 0 Å². The number of nitrogens with zero attached hydrogens (tertiary/aromatic N) is 1. The fraction of sp³-hybridized carbons (Fsp3) is 0. The van der Waals surface area contributed by atoms with Crippen LogP contribution in [0.25, 0.3) is 0 Å². The Kier molecular flexibility index (Phi) is 3.35. The van der Waals surface area contributed by atoms with E-state index in [-0.39, 0.29) is 12.4 Å². The molecule has 0 bridgehead atoms. The Balaban J connectivity index is 0.000000640. The van der Waals surface area contributed by atoms with Gasteiger partial charge in [-0.3, -0.25) is 0 Å². The second-order valence-electron chi connectivity index (χ2n) is 1.38. The molecule has 0 fully saturated rings. The topological polar surface area (TPSA) is 26.9 Å². The lowest BCUT2D eigenvalue weighted by molar-refractivity contribution is -0.605. The van der Waals surface area contributed by atoms with E-state index in [0.29, 0.717) is 9.75 Å². The Bertz CT molecular complexity index is 154. The number of pyridine rings is 1. The van der Waals surface area contributed by atoms with Gasteiger partial charge < -0.3 is 5.21 Å². The summed E-state index contributed by atoms with van der Waals surface area (Å²) >= 11 is 5.46. The SMILES string of the molecule is Cl.[O-][n+]1ccc(Cl)cc1. The van der Waals surface area contributed by atoms with E-state index < -0.39 is 0 Å². The lowest BCUT2D eigenvalue weighted by atomic mass is 10.5. The average molecular weight is 166 g/mol. The molecule has 0 saturated carbocycles. The van der Waals surface area contributed by atoms with Crippen molar-refractivity contribution in [1.82, 2.24) is 0 Å². The van der Waals surface area contributed by atoms with E-state index in [1.54, 1.807) is 0 Å². The molecule has 0 amide bonds. The quantitative estimate of drug-likeness (QED) is 0.422. The first-order valence-electron chi connectivity index (χ1n) is 2.13. The summed E-state index contributed by atoms with van der Waals surface area (Å²) in [6, 6.07) is 3.07. The van der Waals surface area contributed by atoms with Gasteiger partial charge in [0.25, 0.3) is 0 Å². The van der Waals surface area contributed by atoms with E-state index in [1.807, 2.05) is 0 Å². The Hall–Kier alpha value is -0.470. The number of hydrogen-bond donors (Lipinski definition) is 0. The standard InChI is InChI=1S/C5H4ClNO.ClH/c6-5-1-3-7(8)4-2-5;/h1-4H;1H. The fourth-order valence-corrected chi connectivity index (χ4v) is 0.507. The van der Waals surface area contributed by atoms with Crippen LogP contribution < -0.4 is 4.73 Å². The van der Waals surface area contributed by atoms with Crippen molar-refractivity contribution in [1.29, 1.82) is 0 Å². The molecule has 0 spiro atoms. The number of aromatic nitrogens is 1. The van der Waals surface area contributed by atoms with Crippen LogP contribution in [-0.2, 0) is 0 Å². The van der Waals surface area contributed by atoms with Crippen LogP contribution in [0, 0.1) is 5.21 Å². The molecule has 0 radical (unpaired) electrons. The van der Waals surface area contributed by atoms with Crippen LogP contribution in [0.15, 0.2) is 24.5 Å². The molecule has 0 N–H and O–H groups in total. The predicted molar refractivity (Wildman–Crippen MR) is 37.7 cm³/mol. The van der Waals surface area contributed by atoms with E-state index in [2.05, 4.69) is 0 Å². The van der Waals surface area contributed by atoms with Crippen LogP contribution in [-0.4, -0.2) is 0 Å². The summed E-state index contributed by atoms with van der Waals surface area (Å²) in [6.07, 6.45) is 2.70. The normalized spacial score (nSPS) is 8.11. The van der Waals surface area contributed by atoms with Crippen molar-refractivity contribution in [3.63, 3.8) is 0 Å². The molecule has 0 aliphatic heterocycles. The van der Waals surface area contributed by atoms with E-state index >= 15 is 0 Å². The van der Waals surface area contributed by atoms with Crippen LogP contribution in [0.1, 0.15) is 0 Å². The van der Waals surface area contributed by atoms with Crippen LogP contribution in [0.4, 0.5) is 0 Å². The zero-order valence-corrected chi connectivity index (χ0v) is 6.02. The lowest BCUT2D eigenvalue weighted by Gasteiger charge is -1.90. The van der Waals surface area contributed by atoms with Gasteiger partial charge in [-0.1, -0.05) is 11.6 Å². The molecular formula is C5H5Cl2NO. The van der Waals surface area contributed by atoms with Gasteiger partial charge in [0.15, 0.2) is 12.4 Å². The van der Waals surface area contributed by atoms with Crippen molar-refractivity contribution in [3.8, 4) is 0 Å². The molecule has 0 atom stereocenters. The van der Waals surface area contributed by atoms with Crippen LogP contribution >= 0.6 is 24.0 Å². The first-order chi connectivity index (χ1) is 3.79. The van der Waals surface area contributed by atoms with Crippen molar-refractivity contribution in [2.45, 2.75) is 0 Å². The summed E-state index contributed by atoms with van der Waals surface area (Å²) < 4.78 is 0.686. The van der Waals surface area contributed by atoms with Gasteiger partial charge in [-0.15, -0.1) is 12.4 Å². The van der Waals surface area contributed by atoms with Crippen molar-refractivity contribution in [2.75, 3.05) is 0 Å². The highest BCUT2D eigenvalue weighted by Gasteiger charge is 1.85. The Morgan fingerprint density at radius 1 is 1.33 bits per heavy atom. The molecule has 1 aromatic heterocycles. The summed E-state index contributed by atoms with van der Waals surface area (Å²) in [6.45, 7) is 0. The maximum absolute atomic E-state index is 10.3. The number of halogens is 2. The smallest absolute Gasteiger partial charge is 0.181 e. The fourth-order valence-electron chi connectivity index (χ4n) is 0.395. The number of hydrogen-bond acceptors (Lipinski definition) is 1. The largest absolute Gasteiger partial charge is 0.619 e. The van der Waals surface area contributed by atoms with Crippen molar-refractivity contribution in [2.24, 2.45) is 0 Å². The van der Waals surface area contributed by atoms with E-state index in [4.69, 9.17) is 11.6 Å². The highest BCUT2D eigenvalue weighted by atomic mass is 35.5. The Labute approximate surface area is 64.1 Å². The molecule has 2 nitrogen and oxygen atoms in total. The van der Waals surface area contributed by atoms with Gasteiger partial charge in [0.1, 0.15) is 0 Å². The Morgan fingerprint density at radius 2 is 1.78 bits per heavy atom. The van der Waals surface area contributed by atoms with E-state index in [9.17, 15) is 5.21 Å². The molecule has 0 aliphatic rings. The molecule has 0 aliphatic carbocycles. The van der Waals surface area contributed by atoms with Gasteiger partial charge in [-0.2, -0.15) is 4.73 Å². The average Bonchev–Trinajstić information content (AvgIpc) is 1.77. The summed E-state index contributed by atoms with van der Waals surface area (Å²) in [7, 11) is 0. The molecule has 1 heterocycles. The molecule has 50 valence electrons. The van der Waals surface area contributed by atoms with Crippen molar-refractivity contribution in [3.05, 3.63) is 34.8 Å². The third kappa shape index (κ3) is 2.54. The lowest BCUT2D eigenvalue weighted by Crippen LogP contribution is -2.23. The molecule has 1 aromatic rings. The maximum Gasteiger partial charge on any atom is 0.181 e. The molecule has 0 unspecified atom stereocenters. The first kappa shape index (κ1) is 8.53. The highest BCUT2D eigenvalue weighted by Crippen LogP contribution is 2.00. The third-order valence-corrected chi connectivity index (χ3v) is 1.01. The van der Waals surface area contributed by atoms with Gasteiger partial charge in [0, 0.05) is 12.1 Å². The van der Waals surface area contributed by atoms with Crippen LogP contribution in [0.2, 0.25) is 5.02 Å². The monoisotopic (exact) mass is 165 g/mol. The van der Waals surface area contributed by atoms with Gasteiger partial charge in [-0.05, 0) is 0 Å². The van der Waals surface area contributed by atoms with E-state index in [0.717, 1.165) is 0 Å². The summed E-state index contributed by atoms with van der Waals surface area (Å²) in [5.74, 6) is 0. The molecule has 4 heteroatoms. The molecule has 0 aromatic carbocycles. The molecule has 0 saturated heterocycles. The Morgan fingerprint density at radius 3 is 2.11 bits per heavy atom. The minimum absolute atomic E-state index is 0. The van der Waals surface area contributed by atoms with Gasteiger partial charge in [0.05, 0.1) is 5.02 Å².